The lowest BCUT2D eigenvalue weighted by atomic mass is 10.1. The molecule has 3 nitrogen and oxygen atoms in total. The average molecular weight is 340 g/mol. The van der Waals surface area contributed by atoms with Crippen LogP contribution in [-0.4, -0.2) is 12.5 Å². The van der Waals surface area contributed by atoms with Crippen LogP contribution in [-0.2, 0) is 4.79 Å². The quantitative estimate of drug-likeness (QED) is 0.706. The van der Waals surface area contributed by atoms with Gasteiger partial charge in [-0.25, -0.2) is 4.39 Å². The largest absolute Gasteiger partial charge is 0.325 e. The molecule has 0 unspecified atom stereocenters. The van der Waals surface area contributed by atoms with E-state index in [1.807, 2.05) is 47.8 Å². The van der Waals surface area contributed by atoms with Crippen molar-refractivity contribution in [3.63, 3.8) is 0 Å². The number of para-hydroxylation sites is 1. The van der Waals surface area contributed by atoms with E-state index in [1.165, 1.54) is 12.1 Å². The van der Waals surface area contributed by atoms with Gasteiger partial charge in [0.05, 0.1) is 12.6 Å². The van der Waals surface area contributed by atoms with Crippen molar-refractivity contribution < 1.29 is 9.18 Å². The van der Waals surface area contributed by atoms with Crippen LogP contribution in [0.25, 0.3) is 0 Å². The molecule has 0 aliphatic heterocycles. The Balaban J connectivity index is 1.68. The van der Waals surface area contributed by atoms with Crippen LogP contribution in [0.5, 0.6) is 0 Å². The predicted octanol–water partition coefficient (Wildman–Crippen LogP) is 4.20. The predicted molar refractivity (Wildman–Crippen MR) is 95.6 cm³/mol. The molecular formula is C19H17FN2OS. The van der Waals surface area contributed by atoms with Gasteiger partial charge in [-0.1, -0.05) is 36.4 Å². The summed E-state index contributed by atoms with van der Waals surface area (Å²) in [6.07, 6.45) is 0. The minimum absolute atomic E-state index is 0.120. The van der Waals surface area contributed by atoms with Gasteiger partial charge in [0.2, 0.25) is 5.91 Å². The summed E-state index contributed by atoms with van der Waals surface area (Å²) in [4.78, 5) is 13.2. The van der Waals surface area contributed by atoms with E-state index in [0.717, 1.165) is 16.1 Å². The van der Waals surface area contributed by atoms with E-state index in [9.17, 15) is 9.18 Å². The molecule has 1 amide bonds. The van der Waals surface area contributed by atoms with Crippen LogP contribution in [0.15, 0.2) is 72.1 Å². The number of carbonyl (C=O) groups excluding carboxylic acids is 1. The molecule has 5 heteroatoms. The summed E-state index contributed by atoms with van der Waals surface area (Å²) in [5.41, 5.74) is 1.69. The number of carbonyl (C=O) groups is 1. The van der Waals surface area contributed by atoms with Crippen molar-refractivity contribution in [3.8, 4) is 0 Å². The molecule has 0 aliphatic rings. The molecule has 24 heavy (non-hydrogen) atoms. The molecule has 1 atom stereocenters. The highest BCUT2D eigenvalue weighted by molar-refractivity contribution is 7.10. The summed E-state index contributed by atoms with van der Waals surface area (Å²) < 4.78 is 13.2. The summed E-state index contributed by atoms with van der Waals surface area (Å²) >= 11 is 1.60. The fourth-order valence-corrected chi connectivity index (χ4v) is 3.24. The molecule has 0 saturated carbocycles. The fourth-order valence-electron chi connectivity index (χ4n) is 2.41. The Labute approximate surface area is 144 Å². The van der Waals surface area contributed by atoms with Gasteiger partial charge in [-0.05, 0) is 41.3 Å². The number of halogens is 1. The molecule has 0 fully saturated rings. The standard InChI is InChI=1S/C19H17FN2OS/c20-15-10-8-14(9-11-15)19(17-7-4-12-24-17)21-13-18(23)22-16-5-2-1-3-6-16/h1-12,19,21H,13H2,(H,22,23)/t19-/m1/s1. The van der Waals surface area contributed by atoms with Gasteiger partial charge in [0, 0.05) is 10.6 Å². The van der Waals surface area contributed by atoms with E-state index < -0.39 is 0 Å². The second-order valence-electron chi connectivity index (χ2n) is 5.30. The maximum Gasteiger partial charge on any atom is 0.238 e. The maximum absolute atomic E-state index is 13.2. The van der Waals surface area contributed by atoms with Crippen molar-refractivity contribution in [3.05, 3.63) is 88.4 Å². The lowest BCUT2D eigenvalue weighted by Crippen LogP contribution is -2.31. The highest BCUT2D eigenvalue weighted by atomic mass is 32.1. The van der Waals surface area contributed by atoms with Crippen molar-refractivity contribution in [1.29, 1.82) is 0 Å². The topological polar surface area (TPSA) is 41.1 Å². The lowest BCUT2D eigenvalue weighted by Gasteiger charge is -2.18. The van der Waals surface area contributed by atoms with E-state index in [4.69, 9.17) is 0 Å². The van der Waals surface area contributed by atoms with Gasteiger partial charge < -0.3 is 5.32 Å². The highest BCUT2D eigenvalue weighted by Crippen LogP contribution is 2.26. The Morgan fingerprint density at radius 3 is 2.42 bits per heavy atom. The van der Waals surface area contributed by atoms with Crippen molar-refractivity contribution in [2.45, 2.75) is 6.04 Å². The molecule has 2 N–H and O–H groups in total. The van der Waals surface area contributed by atoms with E-state index >= 15 is 0 Å². The molecule has 0 spiro atoms. The average Bonchev–Trinajstić information content (AvgIpc) is 3.12. The SMILES string of the molecule is O=C(CN[C@H](c1ccc(F)cc1)c1cccs1)Nc1ccccc1. The maximum atomic E-state index is 13.2. The second-order valence-corrected chi connectivity index (χ2v) is 6.27. The van der Waals surface area contributed by atoms with Crippen LogP contribution in [0, 0.1) is 5.82 Å². The second kappa shape index (κ2) is 7.86. The number of amides is 1. The van der Waals surface area contributed by atoms with Crippen molar-refractivity contribution in [2.75, 3.05) is 11.9 Å². The van der Waals surface area contributed by atoms with Crippen molar-refractivity contribution in [2.24, 2.45) is 0 Å². The first-order valence-electron chi connectivity index (χ1n) is 7.59. The van der Waals surface area contributed by atoms with Crippen molar-refractivity contribution in [1.82, 2.24) is 5.32 Å². The summed E-state index contributed by atoms with van der Waals surface area (Å²) in [7, 11) is 0. The van der Waals surface area contributed by atoms with Crippen molar-refractivity contribution >= 4 is 22.9 Å². The smallest absolute Gasteiger partial charge is 0.238 e. The number of nitrogens with one attached hydrogen (secondary N) is 2. The molecule has 0 radical (unpaired) electrons. The molecule has 0 saturated heterocycles. The van der Waals surface area contributed by atoms with E-state index in [-0.39, 0.29) is 24.3 Å². The van der Waals surface area contributed by atoms with E-state index in [0.29, 0.717) is 0 Å². The Bertz CT molecular complexity index is 773. The zero-order valence-corrected chi connectivity index (χ0v) is 13.7. The van der Waals surface area contributed by atoms with Crippen LogP contribution in [0.3, 0.4) is 0 Å². The number of rotatable bonds is 6. The van der Waals surface area contributed by atoms with Crippen LogP contribution in [0.4, 0.5) is 10.1 Å². The summed E-state index contributed by atoms with van der Waals surface area (Å²) in [6, 6.07) is 19.5. The molecule has 0 bridgehead atoms. The lowest BCUT2D eigenvalue weighted by molar-refractivity contribution is -0.115. The fraction of sp³-hybridized carbons (Fsp3) is 0.105. The van der Waals surface area contributed by atoms with Gasteiger partial charge in [-0.15, -0.1) is 11.3 Å². The monoisotopic (exact) mass is 340 g/mol. The van der Waals surface area contributed by atoms with Crippen LogP contribution < -0.4 is 10.6 Å². The van der Waals surface area contributed by atoms with E-state index in [2.05, 4.69) is 10.6 Å². The van der Waals surface area contributed by atoms with Gasteiger partial charge >= 0.3 is 0 Å². The Kier molecular flexibility index (Phi) is 5.36. The first kappa shape index (κ1) is 16.4. The highest BCUT2D eigenvalue weighted by Gasteiger charge is 2.16. The third-order valence-electron chi connectivity index (χ3n) is 3.56. The first-order valence-corrected chi connectivity index (χ1v) is 8.47. The minimum Gasteiger partial charge on any atom is -0.325 e. The normalized spacial score (nSPS) is 11.9. The molecule has 3 aromatic rings. The minimum atomic E-state index is -0.273. The van der Waals surface area contributed by atoms with Crippen LogP contribution in [0.2, 0.25) is 0 Å². The first-order chi connectivity index (χ1) is 11.7. The number of anilines is 1. The third-order valence-corrected chi connectivity index (χ3v) is 4.49. The third kappa shape index (κ3) is 4.28. The van der Waals surface area contributed by atoms with E-state index in [1.54, 1.807) is 23.5 Å². The molecular weight excluding hydrogens is 323 g/mol. The molecule has 3 rings (SSSR count). The number of thiophene rings is 1. The zero-order valence-electron chi connectivity index (χ0n) is 12.9. The van der Waals surface area contributed by atoms with Gasteiger partial charge in [-0.2, -0.15) is 0 Å². The Morgan fingerprint density at radius 1 is 1.00 bits per heavy atom. The number of hydrogen-bond donors (Lipinski definition) is 2. The Hall–Kier alpha value is -2.50. The van der Waals surface area contributed by atoms with Crippen LogP contribution >= 0.6 is 11.3 Å². The van der Waals surface area contributed by atoms with Crippen LogP contribution in [0.1, 0.15) is 16.5 Å². The number of hydrogen-bond acceptors (Lipinski definition) is 3. The zero-order chi connectivity index (χ0) is 16.8. The summed E-state index contributed by atoms with van der Waals surface area (Å²) in [5.74, 6) is -0.393. The molecule has 1 aromatic heterocycles. The van der Waals surface area contributed by atoms with Gasteiger partial charge in [0.25, 0.3) is 0 Å². The van der Waals surface area contributed by atoms with Gasteiger partial charge in [0.15, 0.2) is 0 Å². The Morgan fingerprint density at radius 2 is 1.75 bits per heavy atom. The number of benzene rings is 2. The molecule has 1 heterocycles. The van der Waals surface area contributed by atoms with Gasteiger partial charge in [0.1, 0.15) is 5.82 Å². The molecule has 2 aromatic carbocycles. The summed E-state index contributed by atoms with van der Waals surface area (Å²) in [6.45, 7) is 0.162. The molecule has 0 aliphatic carbocycles. The molecule has 122 valence electrons. The summed E-state index contributed by atoms with van der Waals surface area (Å²) in [5, 5.41) is 8.08. The van der Waals surface area contributed by atoms with Gasteiger partial charge in [-0.3, -0.25) is 10.1 Å².